The monoisotopic (exact) mass is 576 g/mol. The molecule has 41 heavy (non-hydrogen) atoms. The van der Waals surface area contributed by atoms with Gasteiger partial charge >= 0.3 is 0 Å². The number of benzene rings is 1. The van der Waals surface area contributed by atoms with Gasteiger partial charge in [-0.25, -0.2) is 0 Å². The lowest BCUT2D eigenvalue weighted by atomic mass is 9.95. The van der Waals surface area contributed by atoms with Crippen molar-refractivity contribution in [2.24, 2.45) is 0 Å². The summed E-state index contributed by atoms with van der Waals surface area (Å²) in [6, 6.07) is 10.2. The van der Waals surface area contributed by atoms with Crippen molar-refractivity contribution in [2.75, 3.05) is 39.3 Å². The van der Waals surface area contributed by atoms with Gasteiger partial charge < -0.3 is 20.4 Å². The van der Waals surface area contributed by atoms with Gasteiger partial charge in [0.15, 0.2) is 0 Å². The van der Waals surface area contributed by atoms with Crippen LogP contribution >= 0.6 is 11.6 Å². The van der Waals surface area contributed by atoms with Gasteiger partial charge in [0, 0.05) is 48.7 Å². The molecule has 7 heteroatoms. The van der Waals surface area contributed by atoms with E-state index in [2.05, 4.69) is 58.2 Å². The van der Waals surface area contributed by atoms with Crippen LogP contribution in [0.25, 0.3) is 0 Å². The van der Waals surface area contributed by atoms with E-state index in [4.69, 9.17) is 11.6 Å². The van der Waals surface area contributed by atoms with E-state index in [-0.39, 0.29) is 23.9 Å². The molecule has 1 aromatic rings. The fourth-order valence-corrected chi connectivity index (χ4v) is 5.95. The Hall–Kier alpha value is -2.93. The molecule has 0 radical (unpaired) electrons. The summed E-state index contributed by atoms with van der Waals surface area (Å²) in [5, 5.41) is 7.41. The molecule has 1 aromatic carbocycles. The van der Waals surface area contributed by atoms with E-state index >= 15 is 0 Å². The van der Waals surface area contributed by atoms with Gasteiger partial charge in [-0.3, -0.25) is 9.59 Å². The van der Waals surface area contributed by atoms with E-state index in [0.717, 1.165) is 38.9 Å². The molecule has 0 saturated carbocycles. The van der Waals surface area contributed by atoms with E-state index in [9.17, 15) is 9.59 Å². The van der Waals surface area contributed by atoms with Crippen molar-refractivity contribution in [1.29, 1.82) is 0 Å². The molecule has 3 aliphatic rings. The molecule has 6 nitrogen and oxygen atoms in total. The maximum Gasteiger partial charge on any atom is 0.251 e. The zero-order valence-corrected chi connectivity index (χ0v) is 25.1. The SMILES string of the molecule is C=C1C=C(C(=O)NC[C@@H]2CCN(C[C@@H](CC)c3ccccc3)C(=O)[C@H](CCN3CCCC3)N2)/C=C\C/C=C(Cl)\C=C/1. The van der Waals surface area contributed by atoms with Crippen LogP contribution in [0.15, 0.2) is 89.5 Å². The average Bonchev–Trinajstić information content (AvgIpc) is 3.46. The second-order valence-corrected chi connectivity index (χ2v) is 11.7. The number of allylic oxidation sites excluding steroid dienone is 7. The summed E-state index contributed by atoms with van der Waals surface area (Å²) in [5.74, 6) is 0.332. The molecule has 2 amide bonds. The molecule has 4 rings (SSSR count). The quantitative estimate of drug-likeness (QED) is 0.388. The summed E-state index contributed by atoms with van der Waals surface area (Å²) in [4.78, 5) is 31.6. The molecule has 2 heterocycles. The van der Waals surface area contributed by atoms with Gasteiger partial charge in [0.2, 0.25) is 5.91 Å². The molecule has 220 valence electrons. The molecule has 2 saturated heterocycles. The average molecular weight is 577 g/mol. The van der Waals surface area contributed by atoms with Gasteiger partial charge in [-0.2, -0.15) is 0 Å². The lowest BCUT2D eigenvalue weighted by Gasteiger charge is -2.29. The lowest BCUT2D eigenvalue weighted by molar-refractivity contribution is -0.133. The van der Waals surface area contributed by atoms with E-state index in [0.29, 0.717) is 48.2 Å². The molecular weight excluding hydrogens is 532 g/mol. The van der Waals surface area contributed by atoms with Gasteiger partial charge in [-0.05, 0) is 74.9 Å². The minimum atomic E-state index is -0.262. The summed E-state index contributed by atoms with van der Waals surface area (Å²) >= 11 is 6.15. The van der Waals surface area contributed by atoms with Gasteiger partial charge in [-0.15, -0.1) is 0 Å². The van der Waals surface area contributed by atoms with Crippen LogP contribution in [0.2, 0.25) is 0 Å². The highest BCUT2D eigenvalue weighted by atomic mass is 35.5. The first-order valence-electron chi connectivity index (χ1n) is 15.1. The predicted octanol–water partition coefficient (Wildman–Crippen LogP) is 5.46. The van der Waals surface area contributed by atoms with Crippen LogP contribution in [0.4, 0.5) is 0 Å². The number of carbonyl (C=O) groups excluding carboxylic acids is 2. The number of nitrogens with one attached hydrogen (secondary N) is 2. The Kier molecular flexibility index (Phi) is 12.0. The zero-order chi connectivity index (χ0) is 29.0. The van der Waals surface area contributed by atoms with Crippen molar-refractivity contribution >= 4 is 23.4 Å². The topological polar surface area (TPSA) is 64.7 Å². The number of hydrogen-bond acceptors (Lipinski definition) is 4. The van der Waals surface area contributed by atoms with Crippen LogP contribution in [0.1, 0.15) is 56.9 Å². The van der Waals surface area contributed by atoms with Crippen molar-refractivity contribution in [3.63, 3.8) is 0 Å². The van der Waals surface area contributed by atoms with Gasteiger partial charge in [0.05, 0.1) is 6.04 Å². The van der Waals surface area contributed by atoms with Crippen LogP contribution < -0.4 is 10.6 Å². The van der Waals surface area contributed by atoms with Crippen molar-refractivity contribution in [3.8, 4) is 0 Å². The van der Waals surface area contributed by atoms with Crippen molar-refractivity contribution < 1.29 is 9.59 Å². The van der Waals surface area contributed by atoms with Crippen molar-refractivity contribution in [1.82, 2.24) is 20.4 Å². The second kappa shape index (κ2) is 15.9. The highest BCUT2D eigenvalue weighted by Crippen LogP contribution is 2.23. The predicted molar refractivity (Wildman–Crippen MR) is 169 cm³/mol. The molecule has 0 bridgehead atoms. The second-order valence-electron chi connectivity index (χ2n) is 11.3. The molecule has 3 atom stereocenters. The van der Waals surface area contributed by atoms with Crippen LogP contribution in [-0.4, -0.2) is 73.0 Å². The highest BCUT2D eigenvalue weighted by molar-refractivity contribution is 6.31. The van der Waals surface area contributed by atoms with Crippen LogP contribution in [0, 0.1) is 0 Å². The Morgan fingerprint density at radius 2 is 1.93 bits per heavy atom. The third-order valence-corrected chi connectivity index (χ3v) is 8.53. The van der Waals surface area contributed by atoms with Crippen LogP contribution in [0.5, 0.6) is 0 Å². The Labute approximate surface area is 250 Å². The summed E-state index contributed by atoms with van der Waals surface area (Å²) in [6.07, 6.45) is 16.7. The Balaban J connectivity index is 1.43. The third kappa shape index (κ3) is 9.56. The largest absolute Gasteiger partial charge is 0.350 e. The fourth-order valence-electron chi connectivity index (χ4n) is 5.80. The van der Waals surface area contributed by atoms with E-state index < -0.39 is 0 Å². The Morgan fingerprint density at radius 3 is 2.68 bits per heavy atom. The standard InChI is InChI=1S/C34H45ClN4O2/c1-3-27(28-11-5-4-6-12-28)25-39-22-17-31(37-32(34(39)41)18-21-38-19-9-10-20-38)24-36-33(40)29-13-7-8-14-30(35)16-15-26(2)23-29/h4-7,11-16,23,27,31-32,37H,2-3,8-10,17-22,24-25H2,1H3,(H,36,40)/b13-7-,16-15-,29-23?,30-14+/t27-,31+,32+/m1/s1. The first kappa shape index (κ1) is 31.0. The minimum Gasteiger partial charge on any atom is -0.350 e. The van der Waals surface area contributed by atoms with Gasteiger partial charge in [-0.1, -0.05) is 79.7 Å². The maximum absolute atomic E-state index is 13.9. The Morgan fingerprint density at radius 1 is 1.15 bits per heavy atom. The summed E-state index contributed by atoms with van der Waals surface area (Å²) in [5.41, 5.74) is 2.53. The Bertz CT molecular complexity index is 1170. The van der Waals surface area contributed by atoms with Gasteiger partial charge in [0.1, 0.15) is 0 Å². The summed E-state index contributed by atoms with van der Waals surface area (Å²) in [7, 11) is 0. The van der Waals surface area contributed by atoms with Crippen molar-refractivity contribution in [2.45, 2.75) is 63.5 Å². The van der Waals surface area contributed by atoms with Crippen LogP contribution in [0.3, 0.4) is 0 Å². The van der Waals surface area contributed by atoms with Gasteiger partial charge in [0.25, 0.3) is 5.91 Å². The molecule has 2 aliphatic heterocycles. The van der Waals surface area contributed by atoms with E-state index in [1.165, 1.54) is 18.4 Å². The summed E-state index contributed by atoms with van der Waals surface area (Å²) < 4.78 is 0. The number of hydrogen-bond donors (Lipinski definition) is 2. The molecule has 2 N–H and O–H groups in total. The number of rotatable bonds is 10. The molecule has 0 spiro atoms. The third-order valence-electron chi connectivity index (χ3n) is 8.25. The first-order valence-corrected chi connectivity index (χ1v) is 15.5. The molecule has 0 aromatic heterocycles. The minimum absolute atomic E-state index is 0.00207. The maximum atomic E-state index is 13.9. The first-order chi connectivity index (χ1) is 19.9. The van der Waals surface area contributed by atoms with Crippen LogP contribution in [-0.2, 0) is 9.59 Å². The molecule has 2 fully saturated rings. The number of amides is 2. The molecule has 0 unspecified atom stereocenters. The normalized spacial score (nSPS) is 26.0. The summed E-state index contributed by atoms with van der Waals surface area (Å²) in [6.45, 7) is 11.2. The lowest BCUT2D eigenvalue weighted by Crippen LogP contribution is -2.50. The highest BCUT2D eigenvalue weighted by Gasteiger charge is 2.32. The zero-order valence-electron chi connectivity index (χ0n) is 24.4. The molecule has 1 aliphatic carbocycles. The number of nitrogens with zero attached hydrogens (tertiary/aromatic N) is 2. The fraction of sp³-hybridized carbons (Fsp3) is 0.471. The number of carbonyl (C=O) groups is 2. The van der Waals surface area contributed by atoms with E-state index in [1.807, 2.05) is 30.4 Å². The van der Waals surface area contributed by atoms with E-state index in [1.54, 1.807) is 12.2 Å². The molecular formula is C34H45ClN4O2. The smallest absolute Gasteiger partial charge is 0.251 e. The number of halogens is 1. The van der Waals surface area contributed by atoms with Crippen molar-refractivity contribution in [3.05, 3.63) is 95.1 Å². The number of likely N-dealkylation sites (tertiary alicyclic amines) is 1.